The van der Waals surface area contributed by atoms with Crippen LogP contribution < -0.4 is 4.89 Å². The number of likely N-dealkylation sites (N-methyl/N-ethyl adjacent to an activating group) is 1. The molecule has 0 aromatic rings. The summed E-state index contributed by atoms with van der Waals surface area (Å²) < 4.78 is 34.3. The molecule has 2 unspecified atom stereocenters. The Labute approximate surface area is 525 Å². The van der Waals surface area contributed by atoms with Crippen LogP contribution in [0, 0.1) is 0 Å². The Morgan fingerprint density at radius 3 is 1.00 bits per heavy atom. The maximum absolute atomic E-state index is 12.9. The average Bonchev–Trinajstić information content (AvgIpc) is 3.50. The molecule has 0 bridgehead atoms. The van der Waals surface area contributed by atoms with E-state index < -0.39 is 26.5 Å². The lowest BCUT2D eigenvalue weighted by atomic mass is 10.0. The number of nitrogens with zero attached hydrogens (tertiary/aromatic N) is 1. The van der Waals surface area contributed by atoms with E-state index in [0.29, 0.717) is 17.4 Å². The molecule has 0 aliphatic carbocycles. The number of allylic oxidation sites excluding steroid dienone is 16. The molecule has 85 heavy (non-hydrogen) atoms. The molecular formula is C75H134NO8P. The molecule has 0 heterocycles. The van der Waals surface area contributed by atoms with Crippen molar-refractivity contribution in [1.82, 2.24) is 0 Å². The van der Waals surface area contributed by atoms with Crippen LogP contribution in [-0.2, 0) is 32.7 Å². The molecule has 0 saturated carbocycles. The van der Waals surface area contributed by atoms with Crippen LogP contribution in [0.1, 0.15) is 316 Å². The van der Waals surface area contributed by atoms with Crippen molar-refractivity contribution in [3.63, 3.8) is 0 Å². The molecule has 0 fully saturated rings. The molecular weight excluding hydrogens is 1070 g/mol. The molecule has 0 aliphatic heterocycles. The highest BCUT2D eigenvalue weighted by atomic mass is 31.2. The Hall–Kier alpha value is -3.07. The minimum Gasteiger partial charge on any atom is -0.756 e. The molecule has 2 atom stereocenters. The Morgan fingerprint density at radius 2 is 0.671 bits per heavy atom. The number of rotatable bonds is 65. The van der Waals surface area contributed by atoms with E-state index in [1.165, 1.54) is 193 Å². The third-order valence-electron chi connectivity index (χ3n) is 15.4. The number of phosphoric acid groups is 1. The summed E-state index contributed by atoms with van der Waals surface area (Å²) in [6.45, 7) is 4.17. The van der Waals surface area contributed by atoms with Crippen molar-refractivity contribution >= 4 is 19.8 Å². The lowest BCUT2D eigenvalue weighted by molar-refractivity contribution is -0.870. The molecule has 0 aromatic heterocycles. The van der Waals surface area contributed by atoms with Gasteiger partial charge in [0.2, 0.25) is 0 Å². The molecule has 0 saturated heterocycles. The summed E-state index contributed by atoms with van der Waals surface area (Å²) in [7, 11) is 1.17. The van der Waals surface area contributed by atoms with Crippen LogP contribution >= 0.6 is 7.82 Å². The zero-order valence-corrected chi connectivity index (χ0v) is 56.9. The summed E-state index contributed by atoms with van der Waals surface area (Å²) in [6, 6.07) is 0. The van der Waals surface area contributed by atoms with E-state index in [1.54, 1.807) is 0 Å². The number of carbonyl (C=O) groups is 2. The second kappa shape index (κ2) is 65.4. The average molecular weight is 1210 g/mol. The number of esters is 2. The maximum Gasteiger partial charge on any atom is 0.306 e. The topological polar surface area (TPSA) is 111 Å². The van der Waals surface area contributed by atoms with Crippen molar-refractivity contribution in [2.24, 2.45) is 0 Å². The lowest BCUT2D eigenvalue weighted by Gasteiger charge is -2.28. The lowest BCUT2D eigenvalue weighted by Crippen LogP contribution is -2.37. The first-order valence-electron chi connectivity index (χ1n) is 35.4. The minimum absolute atomic E-state index is 0.0326. The Kier molecular flexibility index (Phi) is 63.0. The smallest absolute Gasteiger partial charge is 0.306 e. The fourth-order valence-electron chi connectivity index (χ4n) is 9.97. The van der Waals surface area contributed by atoms with Gasteiger partial charge in [0, 0.05) is 12.8 Å². The second-order valence-electron chi connectivity index (χ2n) is 24.9. The standard InChI is InChI=1S/C75H134NO8P/c1-6-8-10-12-14-16-18-20-22-24-26-28-30-32-33-34-35-36-37-38-39-40-41-42-43-44-46-48-50-52-54-56-58-60-62-64-66-68-75(78)84-73(72-83-85(79,80)82-70-69-76(3,4)5)71-81-74(77)67-65-63-61-59-57-55-53-51-49-47-45-31-29-27-25-23-21-19-17-15-13-11-9-7-2/h8,10,14,16,20,22,26,28,32-33,35-36,38-39,41-42,73H,6-7,9,11-13,15,17-19,21,23-25,27,29-31,34,37,40,43-72H2,1-5H3/b10-8-,16-14-,22-20-,28-26-,33-32-,36-35-,39-38-,42-41-. The van der Waals surface area contributed by atoms with Crippen LogP contribution in [0.5, 0.6) is 0 Å². The highest BCUT2D eigenvalue weighted by Crippen LogP contribution is 2.38. The molecule has 492 valence electrons. The third-order valence-corrected chi connectivity index (χ3v) is 16.3. The quantitative estimate of drug-likeness (QED) is 0.0195. The molecule has 0 spiro atoms. The van der Waals surface area contributed by atoms with Gasteiger partial charge < -0.3 is 27.9 Å². The summed E-state index contributed by atoms with van der Waals surface area (Å²) in [5, 5.41) is 0. The number of phosphoric ester groups is 1. The van der Waals surface area contributed by atoms with Crippen molar-refractivity contribution in [2.45, 2.75) is 322 Å². The van der Waals surface area contributed by atoms with Crippen LogP contribution in [0.2, 0.25) is 0 Å². The highest BCUT2D eigenvalue weighted by molar-refractivity contribution is 7.45. The summed E-state index contributed by atoms with van der Waals surface area (Å²) in [4.78, 5) is 38.1. The third kappa shape index (κ3) is 69.9. The first kappa shape index (κ1) is 81.9. The molecule has 0 radical (unpaired) electrons. The van der Waals surface area contributed by atoms with Gasteiger partial charge in [0.25, 0.3) is 7.82 Å². The van der Waals surface area contributed by atoms with Crippen molar-refractivity contribution in [2.75, 3.05) is 47.5 Å². The predicted molar refractivity (Wildman–Crippen MR) is 365 cm³/mol. The molecule has 0 rings (SSSR count). The van der Waals surface area contributed by atoms with E-state index in [1.807, 2.05) is 21.1 Å². The van der Waals surface area contributed by atoms with Gasteiger partial charge in [-0.2, -0.15) is 0 Å². The normalized spacial score (nSPS) is 13.7. The van der Waals surface area contributed by atoms with Crippen LogP contribution in [0.3, 0.4) is 0 Å². The number of hydrogen-bond acceptors (Lipinski definition) is 8. The van der Waals surface area contributed by atoms with Crippen LogP contribution in [-0.4, -0.2) is 70.0 Å². The van der Waals surface area contributed by atoms with E-state index in [0.717, 1.165) is 89.9 Å². The molecule has 0 amide bonds. The first-order chi connectivity index (χ1) is 41.5. The first-order valence-corrected chi connectivity index (χ1v) is 36.9. The van der Waals surface area contributed by atoms with Gasteiger partial charge in [0.15, 0.2) is 6.10 Å². The SMILES string of the molecule is CC/C=C\C/C=C\C/C=C\C/C=C\C/C=C\C/C=C\C/C=C\C/C=C\CCCCCCCCCCCCCCC(=O)OC(COC(=O)CCCCCCCCCCCCCCCCCCCCCCCCCC)COP(=O)([O-])OCC[N+](C)(C)C. The molecule has 10 heteroatoms. The van der Waals surface area contributed by atoms with Crippen molar-refractivity contribution in [1.29, 1.82) is 0 Å². The van der Waals surface area contributed by atoms with Gasteiger partial charge in [-0.3, -0.25) is 14.2 Å². The fraction of sp³-hybridized carbons (Fsp3) is 0.760. The van der Waals surface area contributed by atoms with Gasteiger partial charge in [-0.05, 0) is 77.0 Å². The zero-order chi connectivity index (χ0) is 61.9. The summed E-state index contributed by atoms with van der Waals surface area (Å²) in [6.07, 6.45) is 90.6. The fourth-order valence-corrected chi connectivity index (χ4v) is 10.7. The summed E-state index contributed by atoms with van der Waals surface area (Å²) >= 11 is 0. The largest absolute Gasteiger partial charge is 0.756 e. The van der Waals surface area contributed by atoms with Gasteiger partial charge in [0.05, 0.1) is 27.7 Å². The van der Waals surface area contributed by atoms with Crippen LogP contribution in [0.4, 0.5) is 0 Å². The molecule has 0 N–H and O–H groups in total. The summed E-state index contributed by atoms with van der Waals surface area (Å²) in [5.41, 5.74) is 0. The Morgan fingerprint density at radius 1 is 0.376 bits per heavy atom. The number of unbranched alkanes of at least 4 members (excludes halogenated alkanes) is 35. The van der Waals surface area contributed by atoms with E-state index >= 15 is 0 Å². The van der Waals surface area contributed by atoms with Crippen LogP contribution in [0.25, 0.3) is 0 Å². The van der Waals surface area contributed by atoms with Gasteiger partial charge in [0.1, 0.15) is 19.8 Å². The van der Waals surface area contributed by atoms with E-state index in [4.69, 9.17) is 18.5 Å². The number of carbonyl (C=O) groups excluding carboxylic acids is 2. The van der Waals surface area contributed by atoms with Gasteiger partial charge in [-0.1, -0.05) is 323 Å². The Balaban J connectivity index is 4.05. The van der Waals surface area contributed by atoms with E-state index in [2.05, 4.69) is 111 Å². The van der Waals surface area contributed by atoms with E-state index in [-0.39, 0.29) is 32.0 Å². The minimum atomic E-state index is -4.64. The second-order valence-corrected chi connectivity index (χ2v) is 26.3. The van der Waals surface area contributed by atoms with E-state index in [9.17, 15) is 19.0 Å². The predicted octanol–water partition coefficient (Wildman–Crippen LogP) is 22.5. The molecule has 0 aromatic carbocycles. The van der Waals surface area contributed by atoms with Gasteiger partial charge >= 0.3 is 11.9 Å². The monoisotopic (exact) mass is 1210 g/mol. The van der Waals surface area contributed by atoms with Gasteiger partial charge in [-0.15, -0.1) is 0 Å². The van der Waals surface area contributed by atoms with Crippen LogP contribution in [0.15, 0.2) is 97.2 Å². The van der Waals surface area contributed by atoms with Crippen molar-refractivity contribution in [3.8, 4) is 0 Å². The summed E-state index contributed by atoms with van der Waals surface area (Å²) in [5.74, 6) is -0.825. The number of hydrogen-bond donors (Lipinski definition) is 0. The zero-order valence-electron chi connectivity index (χ0n) is 56.0. The highest BCUT2D eigenvalue weighted by Gasteiger charge is 2.22. The Bertz CT molecular complexity index is 1760. The number of quaternary nitrogens is 1. The maximum atomic E-state index is 12.9. The van der Waals surface area contributed by atoms with Crippen molar-refractivity contribution < 1.29 is 42.1 Å². The molecule has 9 nitrogen and oxygen atoms in total. The van der Waals surface area contributed by atoms with Crippen molar-refractivity contribution in [3.05, 3.63) is 97.2 Å². The molecule has 0 aliphatic rings. The van der Waals surface area contributed by atoms with Gasteiger partial charge in [-0.25, -0.2) is 0 Å². The number of ether oxygens (including phenoxy) is 2.